The maximum atomic E-state index is 2.44. The number of nitrogens with zero attached hydrogens (tertiary/aromatic N) is 2. The number of anilines is 3. The van der Waals surface area contributed by atoms with Crippen LogP contribution in [0, 0.1) is 0 Å². The number of rotatable bonds is 5. The van der Waals surface area contributed by atoms with Crippen molar-refractivity contribution in [2.75, 3.05) is 4.90 Å². The van der Waals surface area contributed by atoms with E-state index in [1.807, 2.05) is 0 Å². The van der Waals surface area contributed by atoms with Crippen LogP contribution in [0.3, 0.4) is 0 Å². The third kappa shape index (κ3) is 4.19. The summed E-state index contributed by atoms with van der Waals surface area (Å²) in [5.41, 5.74) is 9.34. The van der Waals surface area contributed by atoms with Crippen molar-refractivity contribution in [2.45, 2.75) is 0 Å². The Morgan fingerprint density at radius 1 is 0.370 bits per heavy atom. The largest absolute Gasteiger partial charge is 0.309 e. The third-order valence-corrected chi connectivity index (χ3v) is 9.16. The van der Waals surface area contributed by atoms with Crippen molar-refractivity contribution >= 4 is 60.4 Å². The first-order chi connectivity index (χ1) is 22.8. The first-order valence-corrected chi connectivity index (χ1v) is 15.8. The summed E-state index contributed by atoms with van der Waals surface area (Å²) in [7, 11) is 0. The Hall–Kier alpha value is -6.12. The molecule has 0 bridgehead atoms. The van der Waals surface area contributed by atoms with E-state index >= 15 is 0 Å². The van der Waals surface area contributed by atoms with E-state index in [1.54, 1.807) is 0 Å². The van der Waals surface area contributed by atoms with Crippen molar-refractivity contribution < 1.29 is 0 Å². The highest BCUT2D eigenvalue weighted by molar-refractivity contribution is 6.15. The summed E-state index contributed by atoms with van der Waals surface area (Å²) in [5, 5.41) is 7.49. The van der Waals surface area contributed by atoms with E-state index in [9.17, 15) is 0 Å². The topological polar surface area (TPSA) is 8.17 Å². The van der Waals surface area contributed by atoms with Crippen molar-refractivity contribution in [1.82, 2.24) is 4.57 Å². The predicted molar refractivity (Wildman–Crippen MR) is 196 cm³/mol. The average Bonchev–Trinajstić information content (AvgIpc) is 3.47. The first-order valence-electron chi connectivity index (χ1n) is 15.8. The van der Waals surface area contributed by atoms with Gasteiger partial charge in [-0.05, 0) is 70.3 Å². The quantitative estimate of drug-likeness (QED) is 0.182. The summed E-state index contributed by atoms with van der Waals surface area (Å²) in [6.07, 6.45) is 0. The normalized spacial score (nSPS) is 11.5. The zero-order valence-corrected chi connectivity index (χ0v) is 25.2. The SMILES string of the molecule is c1ccc(-c2ccccc2N(c2ccc(-n3c4ccccc4c4ccccc43)cc2)c2cccc3ccc4ccccc4c23)cc1. The lowest BCUT2D eigenvalue weighted by Gasteiger charge is -2.29. The van der Waals surface area contributed by atoms with E-state index in [0.29, 0.717) is 0 Å². The molecular formula is C44H30N2. The third-order valence-electron chi connectivity index (χ3n) is 9.16. The molecule has 9 aromatic rings. The number of fused-ring (bicyclic) bond motifs is 6. The van der Waals surface area contributed by atoms with Gasteiger partial charge in [0.05, 0.1) is 22.4 Å². The molecule has 0 spiro atoms. The lowest BCUT2D eigenvalue weighted by atomic mass is 9.97. The summed E-state index contributed by atoms with van der Waals surface area (Å²) < 4.78 is 2.38. The number of para-hydroxylation sites is 3. The summed E-state index contributed by atoms with van der Waals surface area (Å²) in [4.78, 5) is 2.44. The molecule has 0 saturated carbocycles. The van der Waals surface area contributed by atoms with Gasteiger partial charge in [0.25, 0.3) is 0 Å². The molecule has 0 N–H and O–H groups in total. The fourth-order valence-electron chi connectivity index (χ4n) is 7.12. The zero-order valence-electron chi connectivity index (χ0n) is 25.2. The number of benzene rings is 8. The minimum atomic E-state index is 1.10. The molecule has 0 aliphatic heterocycles. The molecule has 2 heteroatoms. The molecule has 0 atom stereocenters. The standard InChI is InChI=1S/C44H30N2/c1-2-13-31(14-3-1)36-17-6-9-21-40(36)46(43-24-12-16-33-26-25-32-15-4-5-18-37(32)44(33)43)35-29-27-34(28-30-35)45-41-22-10-7-19-38(41)39-20-8-11-23-42(39)45/h1-30H. The molecule has 0 fully saturated rings. The molecule has 0 aliphatic rings. The van der Waals surface area contributed by atoms with Crippen LogP contribution in [0.1, 0.15) is 0 Å². The molecule has 1 heterocycles. The second-order valence-corrected chi connectivity index (χ2v) is 11.8. The Balaban J connectivity index is 1.30. The molecule has 9 rings (SSSR count). The van der Waals surface area contributed by atoms with Crippen molar-refractivity contribution in [3.05, 3.63) is 182 Å². The van der Waals surface area contributed by atoms with Crippen LogP contribution in [0.15, 0.2) is 182 Å². The highest BCUT2D eigenvalue weighted by atomic mass is 15.1. The minimum absolute atomic E-state index is 1.10. The van der Waals surface area contributed by atoms with Gasteiger partial charge in [0.2, 0.25) is 0 Å². The molecule has 0 unspecified atom stereocenters. The maximum Gasteiger partial charge on any atom is 0.0546 e. The Bertz CT molecular complexity index is 2470. The van der Waals surface area contributed by atoms with Crippen molar-refractivity contribution in [3.8, 4) is 16.8 Å². The molecular weight excluding hydrogens is 556 g/mol. The van der Waals surface area contributed by atoms with Gasteiger partial charge in [0.15, 0.2) is 0 Å². The van der Waals surface area contributed by atoms with Crippen LogP contribution in [-0.4, -0.2) is 4.57 Å². The Labute approximate surface area is 268 Å². The summed E-state index contributed by atoms with van der Waals surface area (Å²) in [6.45, 7) is 0. The van der Waals surface area contributed by atoms with Gasteiger partial charge in [-0.1, -0.05) is 133 Å². The van der Waals surface area contributed by atoms with Gasteiger partial charge in [-0.15, -0.1) is 0 Å². The summed E-state index contributed by atoms with van der Waals surface area (Å²) in [6, 6.07) is 65.7. The van der Waals surface area contributed by atoms with E-state index in [2.05, 4.69) is 191 Å². The lowest BCUT2D eigenvalue weighted by molar-refractivity contribution is 1.17. The maximum absolute atomic E-state index is 2.44. The molecule has 1 aromatic heterocycles. The van der Waals surface area contributed by atoms with Crippen molar-refractivity contribution in [3.63, 3.8) is 0 Å². The van der Waals surface area contributed by atoms with Crippen LogP contribution in [-0.2, 0) is 0 Å². The van der Waals surface area contributed by atoms with Gasteiger partial charge in [0, 0.05) is 33.1 Å². The van der Waals surface area contributed by atoms with Gasteiger partial charge in [-0.3, -0.25) is 0 Å². The van der Waals surface area contributed by atoms with E-state index < -0.39 is 0 Å². The van der Waals surface area contributed by atoms with Gasteiger partial charge in [-0.2, -0.15) is 0 Å². The van der Waals surface area contributed by atoms with E-state index in [0.717, 1.165) is 22.7 Å². The molecule has 0 aliphatic carbocycles. The van der Waals surface area contributed by atoms with Crippen molar-refractivity contribution in [1.29, 1.82) is 0 Å². The van der Waals surface area contributed by atoms with Crippen LogP contribution in [0.4, 0.5) is 17.1 Å². The number of aromatic nitrogens is 1. The molecule has 0 saturated heterocycles. The van der Waals surface area contributed by atoms with E-state index in [-0.39, 0.29) is 0 Å². The fourth-order valence-corrected chi connectivity index (χ4v) is 7.12. The molecule has 46 heavy (non-hydrogen) atoms. The Kier molecular flexibility index (Phi) is 6.17. The molecule has 0 radical (unpaired) electrons. The summed E-state index contributed by atoms with van der Waals surface area (Å²) >= 11 is 0. The smallest absolute Gasteiger partial charge is 0.0546 e. The predicted octanol–water partition coefficient (Wildman–Crippen LogP) is 12.2. The zero-order chi connectivity index (χ0) is 30.5. The Morgan fingerprint density at radius 2 is 0.935 bits per heavy atom. The second kappa shape index (κ2) is 10.8. The number of hydrogen-bond donors (Lipinski definition) is 0. The van der Waals surface area contributed by atoms with Crippen LogP contribution in [0.5, 0.6) is 0 Å². The monoisotopic (exact) mass is 586 g/mol. The molecule has 0 amide bonds. The van der Waals surface area contributed by atoms with E-state index in [1.165, 1.54) is 54.5 Å². The van der Waals surface area contributed by atoms with Crippen molar-refractivity contribution in [2.24, 2.45) is 0 Å². The Morgan fingerprint density at radius 3 is 1.70 bits per heavy atom. The molecule has 216 valence electrons. The molecule has 2 nitrogen and oxygen atoms in total. The van der Waals surface area contributed by atoms with Gasteiger partial charge < -0.3 is 9.47 Å². The van der Waals surface area contributed by atoms with Gasteiger partial charge in [-0.25, -0.2) is 0 Å². The second-order valence-electron chi connectivity index (χ2n) is 11.8. The van der Waals surface area contributed by atoms with Crippen LogP contribution >= 0.6 is 0 Å². The summed E-state index contributed by atoms with van der Waals surface area (Å²) in [5.74, 6) is 0. The highest BCUT2D eigenvalue weighted by Gasteiger charge is 2.20. The highest BCUT2D eigenvalue weighted by Crippen LogP contribution is 2.45. The lowest BCUT2D eigenvalue weighted by Crippen LogP contribution is -2.12. The van der Waals surface area contributed by atoms with Crippen LogP contribution in [0.25, 0.3) is 60.2 Å². The van der Waals surface area contributed by atoms with Gasteiger partial charge in [0.1, 0.15) is 0 Å². The van der Waals surface area contributed by atoms with Crippen LogP contribution in [0.2, 0.25) is 0 Å². The van der Waals surface area contributed by atoms with Crippen LogP contribution < -0.4 is 4.90 Å². The minimum Gasteiger partial charge on any atom is -0.309 e. The number of hydrogen-bond acceptors (Lipinski definition) is 1. The van der Waals surface area contributed by atoms with Gasteiger partial charge >= 0.3 is 0 Å². The fraction of sp³-hybridized carbons (Fsp3) is 0. The molecule has 8 aromatic carbocycles. The average molecular weight is 587 g/mol. The first kappa shape index (κ1) is 26.3. The van der Waals surface area contributed by atoms with E-state index in [4.69, 9.17) is 0 Å².